The predicted molar refractivity (Wildman–Crippen MR) is 76.9 cm³/mol. The molecule has 2 atom stereocenters. The fourth-order valence-corrected chi connectivity index (χ4v) is 2.82. The summed E-state index contributed by atoms with van der Waals surface area (Å²) in [5.41, 5.74) is 0.886. The third-order valence-electron chi connectivity index (χ3n) is 2.81. The molecule has 2 unspecified atom stereocenters. The molecule has 2 heterocycles. The third kappa shape index (κ3) is 3.45. The van der Waals surface area contributed by atoms with Crippen molar-refractivity contribution in [3.63, 3.8) is 0 Å². The Balaban J connectivity index is 2.10. The van der Waals surface area contributed by atoms with Crippen molar-refractivity contribution in [3.05, 3.63) is 40.8 Å². The van der Waals surface area contributed by atoms with Gasteiger partial charge in [0.05, 0.1) is 11.8 Å². The fraction of sp³-hybridized carbons (Fsp3) is 0.357. The van der Waals surface area contributed by atoms with Crippen molar-refractivity contribution >= 4 is 17.2 Å². The van der Waals surface area contributed by atoms with Crippen LogP contribution in [0.25, 0.3) is 5.69 Å². The zero-order chi connectivity index (χ0) is 13.8. The second-order valence-corrected chi connectivity index (χ2v) is 5.60. The van der Waals surface area contributed by atoms with Gasteiger partial charge in [-0.05, 0) is 43.8 Å². The first kappa shape index (κ1) is 13.8. The van der Waals surface area contributed by atoms with E-state index in [0.717, 1.165) is 5.69 Å². The molecule has 0 aliphatic heterocycles. The van der Waals surface area contributed by atoms with Gasteiger partial charge in [0.1, 0.15) is 4.88 Å². The summed E-state index contributed by atoms with van der Waals surface area (Å²) in [5.74, 6) is -0.0909. The van der Waals surface area contributed by atoms with E-state index in [1.54, 1.807) is 6.92 Å². The maximum atomic E-state index is 12.2. The molecular formula is C14H18N2O2S. The third-order valence-corrected chi connectivity index (χ3v) is 3.71. The van der Waals surface area contributed by atoms with Crippen LogP contribution in [0.15, 0.2) is 36.0 Å². The van der Waals surface area contributed by atoms with Crippen LogP contribution in [-0.4, -0.2) is 27.7 Å². The zero-order valence-corrected chi connectivity index (χ0v) is 11.9. The van der Waals surface area contributed by atoms with Crippen LogP contribution >= 0.6 is 11.3 Å². The number of aliphatic hydroxyl groups excluding tert-OH is 1. The Bertz CT molecular complexity index is 531. The lowest BCUT2D eigenvalue weighted by Gasteiger charge is -2.15. The summed E-state index contributed by atoms with van der Waals surface area (Å²) in [5, 5.41) is 14.1. The number of amides is 1. The Labute approximate surface area is 116 Å². The largest absolute Gasteiger partial charge is 0.393 e. The Morgan fingerprint density at radius 2 is 2.11 bits per heavy atom. The number of aromatic nitrogens is 1. The molecule has 4 nitrogen and oxygen atoms in total. The number of carbonyl (C=O) groups is 1. The molecule has 2 aromatic heterocycles. The minimum atomic E-state index is -0.414. The van der Waals surface area contributed by atoms with E-state index >= 15 is 0 Å². The van der Waals surface area contributed by atoms with Crippen LogP contribution in [0.3, 0.4) is 0 Å². The van der Waals surface area contributed by atoms with Crippen LogP contribution in [0.1, 0.15) is 29.9 Å². The number of nitrogens with zero attached hydrogens (tertiary/aromatic N) is 1. The first-order chi connectivity index (χ1) is 9.08. The van der Waals surface area contributed by atoms with E-state index in [1.165, 1.54) is 11.3 Å². The summed E-state index contributed by atoms with van der Waals surface area (Å²) < 4.78 is 1.92. The average Bonchev–Trinajstić information content (AvgIpc) is 2.98. The topological polar surface area (TPSA) is 54.3 Å². The van der Waals surface area contributed by atoms with Crippen molar-refractivity contribution in [2.75, 3.05) is 0 Å². The second-order valence-electron chi connectivity index (χ2n) is 4.68. The number of hydrogen-bond donors (Lipinski definition) is 2. The van der Waals surface area contributed by atoms with Gasteiger partial charge in [-0.25, -0.2) is 0 Å². The second kappa shape index (κ2) is 6.04. The summed E-state index contributed by atoms with van der Waals surface area (Å²) in [6.07, 6.45) is 3.97. The molecule has 5 heteroatoms. The molecule has 0 bridgehead atoms. The van der Waals surface area contributed by atoms with Gasteiger partial charge in [0.2, 0.25) is 0 Å². The van der Waals surface area contributed by atoms with Gasteiger partial charge in [0, 0.05) is 18.4 Å². The maximum absolute atomic E-state index is 12.2. The molecule has 0 fully saturated rings. The Kier molecular flexibility index (Phi) is 4.39. The lowest BCUT2D eigenvalue weighted by molar-refractivity contribution is 0.0927. The molecule has 0 aliphatic carbocycles. The van der Waals surface area contributed by atoms with Crippen LogP contribution in [0.5, 0.6) is 0 Å². The van der Waals surface area contributed by atoms with Gasteiger partial charge in [0.15, 0.2) is 0 Å². The molecule has 19 heavy (non-hydrogen) atoms. The van der Waals surface area contributed by atoms with E-state index in [2.05, 4.69) is 5.32 Å². The summed E-state index contributed by atoms with van der Waals surface area (Å²) >= 11 is 1.42. The predicted octanol–water partition coefficient (Wildman–Crippen LogP) is 2.43. The van der Waals surface area contributed by atoms with Gasteiger partial charge in [-0.3, -0.25) is 4.79 Å². The highest BCUT2D eigenvalue weighted by Crippen LogP contribution is 2.21. The van der Waals surface area contributed by atoms with E-state index < -0.39 is 6.10 Å². The lowest BCUT2D eigenvalue weighted by Crippen LogP contribution is -2.34. The molecule has 0 aromatic carbocycles. The number of nitrogens with one attached hydrogen (secondary N) is 1. The van der Waals surface area contributed by atoms with E-state index in [1.807, 2.05) is 47.5 Å². The van der Waals surface area contributed by atoms with E-state index in [4.69, 9.17) is 0 Å². The van der Waals surface area contributed by atoms with Crippen molar-refractivity contribution in [1.29, 1.82) is 0 Å². The smallest absolute Gasteiger partial charge is 0.263 e. The van der Waals surface area contributed by atoms with E-state index in [0.29, 0.717) is 11.3 Å². The van der Waals surface area contributed by atoms with Gasteiger partial charge in [-0.1, -0.05) is 0 Å². The number of carbonyl (C=O) groups excluding carboxylic acids is 1. The van der Waals surface area contributed by atoms with E-state index in [9.17, 15) is 9.90 Å². The molecule has 1 amide bonds. The Morgan fingerprint density at radius 1 is 1.42 bits per heavy atom. The zero-order valence-electron chi connectivity index (χ0n) is 11.0. The van der Waals surface area contributed by atoms with Crippen LogP contribution in [0.2, 0.25) is 0 Å². The highest BCUT2D eigenvalue weighted by molar-refractivity contribution is 7.12. The van der Waals surface area contributed by atoms with Crippen molar-refractivity contribution in [3.8, 4) is 5.69 Å². The van der Waals surface area contributed by atoms with Gasteiger partial charge in [0.25, 0.3) is 5.91 Å². The molecule has 0 aliphatic rings. The van der Waals surface area contributed by atoms with Crippen LogP contribution < -0.4 is 5.32 Å². The molecule has 0 saturated carbocycles. The quantitative estimate of drug-likeness (QED) is 0.882. The van der Waals surface area contributed by atoms with Gasteiger partial charge < -0.3 is 15.0 Å². The molecule has 0 radical (unpaired) electrons. The monoisotopic (exact) mass is 278 g/mol. The molecule has 2 N–H and O–H groups in total. The first-order valence-corrected chi connectivity index (χ1v) is 7.15. The summed E-state index contributed by atoms with van der Waals surface area (Å²) in [7, 11) is 0. The molecule has 2 rings (SSSR count). The fourth-order valence-electron chi connectivity index (χ4n) is 2.03. The van der Waals surface area contributed by atoms with Crippen molar-refractivity contribution in [2.24, 2.45) is 0 Å². The highest BCUT2D eigenvalue weighted by atomic mass is 32.1. The number of hydrogen-bond acceptors (Lipinski definition) is 3. The summed E-state index contributed by atoms with van der Waals surface area (Å²) in [6, 6.07) is 5.73. The molecule has 102 valence electrons. The van der Waals surface area contributed by atoms with Crippen molar-refractivity contribution in [1.82, 2.24) is 9.88 Å². The molecule has 0 spiro atoms. The van der Waals surface area contributed by atoms with E-state index in [-0.39, 0.29) is 11.9 Å². The maximum Gasteiger partial charge on any atom is 0.263 e. The lowest BCUT2D eigenvalue weighted by atomic mass is 10.1. The Morgan fingerprint density at radius 3 is 2.74 bits per heavy atom. The molecule has 0 saturated heterocycles. The number of aliphatic hydroxyl groups is 1. The van der Waals surface area contributed by atoms with Crippen LogP contribution in [-0.2, 0) is 0 Å². The SMILES string of the molecule is CC(O)CC(C)NC(=O)c1sccc1-n1cccc1. The molecule has 2 aromatic rings. The molecular weight excluding hydrogens is 260 g/mol. The van der Waals surface area contributed by atoms with Gasteiger partial charge in [-0.2, -0.15) is 0 Å². The number of thiophene rings is 1. The van der Waals surface area contributed by atoms with Crippen LogP contribution in [0.4, 0.5) is 0 Å². The first-order valence-electron chi connectivity index (χ1n) is 6.27. The number of rotatable bonds is 5. The van der Waals surface area contributed by atoms with Gasteiger partial charge in [-0.15, -0.1) is 11.3 Å². The minimum absolute atomic E-state index is 0.0490. The minimum Gasteiger partial charge on any atom is -0.393 e. The summed E-state index contributed by atoms with van der Waals surface area (Å²) in [4.78, 5) is 12.9. The van der Waals surface area contributed by atoms with Gasteiger partial charge >= 0.3 is 0 Å². The normalized spacial score (nSPS) is 14.1. The van der Waals surface area contributed by atoms with Crippen LogP contribution in [0, 0.1) is 0 Å². The van der Waals surface area contributed by atoms with Crippen molar-refractivity contribution < 1.29 is 9.90 Å². The summed E-state index contributed by atoms with van der Waals surface area (Å²) in [6.45, 7) is 3.62. The highest BCUT2D eigenvalue weighted by Gasteiger charge is 2.16. The average molecular weight is 278 g/mol. The Hall–Kier alpha value is -1.59. The van der Waals surface area contributed by atoms with Crippen molar-refractivity contribution in [2.45, 2.75) is 32.4 Å². The standard InChI is InChI=1S/C14H18N2O2S/c1-10(9-11(2)17)15-14(18)13-12(5-8-19-13)16-6-3-4-7-16/h3-8,10-11,17H,9H2,1-2H3,(H,15,18).